The Morgan fingerprint density at radius 1 is 1.27 bits per heavy atom. The number of benzene rings is 1. The number of aromatic amines is 1. The smallest absolute Gasteiger partial charge is 0.266 e. The van der Waals surface area contributed by atoms with Gasteiger partial charge >= 0.3 is 0 Å². The molecule has 0 unspecified atom stereocenters. The van der Waals surface area contributed by atoms with Gasteiger partial charge in [0, 0.05) is 11.5 Å². The number of thiazole rings is 1. The molecule has 6 heteroatoms. The predicted octanol–water partition coefficient (Wildman–Crippen LogP) is 2.46. The van der Waals surface area contributed by atoms with E-state index in [4.69, 9.17) is 9.47 Å². The number of nitrogens with one attached hydrogen (secondary N) is 1. The molecule has 0 bridgehead atoms. The number of carbonyl (C=O) groups is 1. The van der Waals surface area contributed by atoms with Gasteiger partial charge in [0.05, 0.1) is 22.9 Å². The van der Waals surface area contributed by atoms with Gasteiger partial charge < -0.3 is 14.5 Å². The van der Waals surface area contributed by atoms with Crippen molar-refractivity contribution in [3.8, 4) is 11.5 Å². The van der Waals surface area contributed by atoms with Crippen LogP contribution in [0.4, 0.5) is 0 Å². The van der Waals surface area contributed by atoms with E-state index in [1.807, 2.05) is 45.9 Å². The number of methoxy groups -OCH3 is 1. The van der Waals surface area contributed by atoms with E-state index in [1.54, 1.807) is 13.2 Å². The first-order chi connectivity index (χ1) is 12.2. The molecular formula is C20H25NO4S. The maximum atomic E-state index is 12.2. The molecule has 0 radical (unpaired) electrons. The summed E-state index contributed by atoms with van der Waals surface area (Å²) >= 11 is 1.26. The molecule has 0 fully saturated rings. The van der Waals surface area contributed by atoms with Crippen molar-refractivity contribution in [2.45, 2.75) is 34.1 Å². The molecule has 140 valence electrons. The van der Waals surface area contributed by atoms with Gasteiger partial charge in [-0.15, -0.1) is 11.3 Å². The number of hydrogen-bond donors (Lipinski definition) is 1. The summed E-state index contributed by atoms with van der Waals surface area (Å²) in [4.78, 5) is 27.0. The molecule has 0 saturated heterocycles. The third-order valence-electron chi connectivity index (χ3n) is 3.63. The first kappa shape index (κ1) is 20.0. The van der Waals surface area contributed by atoms with Crippen LogP contribution in [0.3, 0.4) is 0 Å². The molecule has 0 aliphatic carbocycles. The number of ketones is 1. The minimum atomic E-state index is -0.480. The summed E-state index contributed by atoms with van der Waals surface area (Å²) in [7, 11) is 1.59. The highest BCUT2D eigenvalue weighted by molar-refractivity contribution is 7.07. The van der Waals surface area contributed by atoms with Gasteiger partial charge in [-0.2, -0.15) is 0 Å². The van der Waals surface area contributed by atoms with E-state index in [1.165, 1.54) is 17.4 Å². The third-order valence-corrected chi connectivity index (χ3v) is 4.59. The summed E-state index contributed by atoms with van der Waals surface area (Å²) in [5, 5.41) is 0. The van der Waals surface area contributed by atoms with Crippen LogP contribution in [0.2, 0.25) is 0 Å². The van der Waals surface area contributed by atoms with Crippen molar-refractivity contribution in [2.24, 2.45) is 5.41 Å². The third kappa shape index (κ3) is 5.08. The Hall–Kier alpha value is -2.34. The fraction of sp³-hybridized carbons (Fsp3) is 0.400. The lowest BCUT2D eigenvalue weighted by molar-refractivity contribution is -0.119. The van der Waals surface area contributed by atoms with Crippen LogP contribution in [0.1, 0.15) is 39.7 Å². The molecule has 0 atom stereocenters. The molecule has 1 heterocycles. The van der Waals surface area contributed by atoms with Crippen LogP contribution in [0.15, 0.2) is 23.0 Å². The minimum Gasteiger partial charge on any atom is -0.493 e. The normalized spacial score (nSPS) is 13.1. The Bertz CT molecular complexity index is 947. The topological polar surface area (TPSA) is 68.4 Å². The van der Waals surface area contributed by atoms with Crippen LogP contribution in [-0.4, -0.2) is 24.5 Å². The van der Waals surface area contributed by atoms with Crippen LogP contribution in [0.5, 0.6) is 11.5 Å². The fourth-order valence-corrected chi connectivity index (χ4v) is 3.00. The molecule has 2 rings (SSSR count). The van der Waals surface area contributed by atoms with Gasteiger partial charge in [-0.25, -0.2) is 0 Å². The van der Waals surface area contributed by atoms with Crippen molar-refractivity contribution in [1.82, 2.24) is 4.98 Å². The summed E-state index contributed by atoms with van der Waals surface area (Å²) in [6.45, 7) is 8.16. The second kappa shape index (κ2) is 8.36. The van der Waals surface area contributed by atoms with Crippen molar-refractivity contribution < 1.29 is 14.3 Å². The highest BCUT2D eigenvalue weighted by atomic mass is 32.1. The molecule has 26 heavy (non-hydrogen) atoms. The van der Waals surface area contributed by atoms with Gasteiger partial charge in [0.15, 0.2) is 17.3 Å². The largest absolute Gasteiger partial charge is 0.493 e. The van der Waals surface area contributed by atoms with Crippen LogP contribution < -0.4 is 24.2 Å². The first-order valence-electron chi connectivity index (χ1n) is 8.52. The zero-order valence-corrected chi connectivity index (χ0v) is 16.7. The summed E-state index contributed by atoms with van der Waals surface area (Å²) in [5.74, 6) is 1.27. The fourth-order valence-electron chi connectivity index (χ4n) is 2.12. The van der Waals surface area contributed by atoms with Crippen molar-refractivity contribution in [1.29, 1.82) is 0 Å². The average molecular weight is 375 g/mol. The Labute approximate surface area is 157 Å². The number of aromatic nitrogens is 1. The van der Waals surface area contributed by atoms with Crippen molar-refractivity contribution in [2.75, 3.05) is 13.7 Å². The molecule has 1 aromatic carbocycles. The molecule has 0 aliphatic heterocycles. The zero-order valence-electron chi connectivity index (χ0n) is 15.8. The molecule has 0 spiro atoms. The lowest BCUT2D eigenvalue weighted by Crippen LogP contribution is -2.22. The van der Waals surface area contributed by atoms with Crippen LogP contribution in [0.25, 0.3) is 12.2 Å². The van der Waals surface area contributed by atoms with Crippen LogP contribution in [-0.2, 0) is 4.79 Å². The maximum absolute atomic E-state index is 12.2. The molecule has 0 amide bonds. The first-order valence-corrected chi connectivity index (χ1v) is 9.34. The lowest BCUT2D eigenvalue weighted by Gasteiger charge is -2.12. The van der Waals surface area contributed by atoms with Gasteiger partial charge in [0.25, 0.3) is 5.56 Å². The van der Waals surface area contributed by atoms with E-state index in [-0.39, 0.29) is 11.3 Å². The SMILES string of the molecule is CCCOc1cc(/C=c2\s/c(=C\C(=O)C(C)(C)C)[nH]c2=O)ccc1OC. The van der Waals surface area contributed by atoms with Gasteiger partial charge in [-0.05, 0) is 30.2 Å². The van der Waals surface area contributed by atoms with Gasteiger partial charge in [-0.3, -0.25) is 9.59 Å². The summed E-state index contributed by atoms with van der Waals surface area (Å²) in [5.41, 5.74) is 0.138. The van der Waals surface area contributed by atoms with E-state index in [9.17, 15) is 9.59 Å². The highest BCUT2D eigenvalue weighted by Gasteiger charge is 2.18. The van der Waals surface area contributed by atoms with E-state index < -0.39 is 5.41 Å². The molecular weight excluding hydrogens is 350 g/mol. The minimum absolute atomic E-state index is 0.0266. The molecule has 1 aromatic heterocycles. The highest BCUT2D eigenvalue weighted by Crippen LogP contribution is 2.28. The number of H-pyrrole nitrogens is 1. The van der Waals surface area contributed by atoms with E-state index in [2.05, 4.69) is 4.98 Å². The average Bonchev–Trinajstić information content (AvgIpc) is 2.91. The lowest BCUT2D eigenvalue weighted by atomic mass is 9.91. The quantitative estimate of drug-likeness (QED) is 0.842. The van der Waals surface area contributed by atoms with Crippen LogP contribution in [0, 0.1) is 5.41 Å². The Morgan fingerprint density at radius 2 is 2.00 bits per heavy atom. The van der Waals surface area contributed by atoms with Crippen molar-refractivity contribution in [3.05, 3.63) is 43.3 Å². The summed E-state index contributed by atoms with van der Waals surface area (Å²) in [6.07, 6.45) is 4.16. The number of hydrogen-bond acceptors (Lipinski definition) is 5. The molecule has 0 aliphatic rings. The zero-order chi connectivity index (χ0) is 19.3. The molecule has 1 N–H and O–H groups in total. The van der Waals surface area contributed by atoms with Crippen molar-refractivity contribution >= 4 is 29.3 Å². The summed E-state index contributed by atoms with van der Waals surface area (Å²) in [6, 6.07) is 5.52. The number of carbonyl (C=O) groups excluding carboxylic acids is 1. The van der Waals surface area contributed by atoms with E-state index in [0.29, 0.717) is 27.3 Å². The standard InChI is InChI=1S/C20H25NO4S/c1-6-9-25-15-10-13(7-8-14(15)24-5)11-16-19(23)21-18(26-16)12-17(22)20(2,3)4/h7-8,10-12H,6,9H2,1-5H3,(H,21,23)/b16-11-,18-12-. The number of ether oxygens (including phenoxy) is 2. The molecule has 2 aromatic rings. The monoisotopic (exact) mass is 375 g/mol. The Balaban J connectivity index is 2.43. The predicted molar refractivity (Wildman–Crippen MR) is 105 cm³/mol. The Morgan fingerprint density at radius 3 is 2.62 bits per heavy atom. The second-order valence-electron chi connectivity index (χ2n) is 6.95. The van der Waals surface area contributed by atoms with E-state index in [0.717, 1.165) is 12.0 Å². The molecule has 0 saturated carbocycles. The Kier molecular flexibility index (Phi) is 6.42. The number of rotatable bonds is 6. The van der Waals surface area contributed by atoms with E-state index >= 15 is 0 Å². The van der Waals surface area contributed by atoms with Gasteiger partial charge in [0.1, 0.15) is 0 Å². The van der Waals surface area contributed by atoms with Gasteiger partial charge in [-0.1, -0.05) is 33.8 Å². The summed E-state index contributed by atoms with van der Waals surface area (Å²) < 4.78 is 12.1. The maximum Gasteiger partial charge on any atom is 0.266 e. The van der Waals surface area contributed by atoms with Crippen molar-refractivity contribution in [3.63, 3.8) is 0 Å². The second-order valence-corrected chi connectivity index (χ2v) is 8.03. The van der Waals surface area contributed by atoms with Gasteiger partial charge in [0.2, 0.25) is 0 Å². The van der Waals surface area contributed by atoms with Crippen LogP contribution >= 0.6 is 11.3 Å². The number of Topliss-reactive ketones (excluding diaryl/α,β-unsaturated/α-hetero) is 1. The molecule has 5 nitrogen and oxygen atoms in total.